The number of nitrogens with one attached hydrogen (secondary N) is 1. The Hall–Kier alpha value is -4.27. The third kappa shape index (κ3) is 4.52. The molecule has 1 unspecified atom stereocenters. The fourth-order valence-corrected chi connectivity index (χ4v) is 3.76. The Labute approximate surface area is 189 Å². The molecule has 0 aliphatic heterocycles. The van der Waals surface area contributed by atoms with E-state index in [0.717, 1.165) is 12.1 Å². The number of nitrogens with zero attached hydrogens (tertiary/aromatic N) is 4. The van der Waals surface area contributed by atoms with Crippen LogP contribution in [0.4, 0.5) is 5.69 Å². The molecule has 1 atom stereocenters. The molecule has 0 aliphatic rings. The average molecular weight is 445 g/mol. The van der Waals surface area contributed by atoms with Crippen LogP contribution in [0.3, 0.4) is 0 Å². The average Bonchev–Trinajstić information content (AvgIpc) is 3.37. The van der Waals surface area contributed by atoms with Crippen molar-refractivity contribution in [2.75, 3.05) is 0 Å². The Kier molecular flexibility index (Phi) is 6.30. The first-order valence-electron chi connectivity index (χ1n) is 10.6. The van der Waals surface area contributed by atoms with Crippen molar-refractivity contribution in [3.63, 3.8) is 0 Å². The lowest BCUT2D eigenvalue weighted by atomic mass is 9.95. The number of hydrogen-bond acceptors (Lipinski definition) is 6. The summed E-state index contributed by atoms with van der Waals surface area (Å²) in [6.07, 6.45) is 8.49. The van der Waals surface area contributed by atoms with Crippen molar-refractivity contribution in [3.05, 3.63) is 88.6 Å². The van der Waals surface area contributed by atoms with E-state index >= 15 is 0 Å². The highest BCUT2D eigenvalue weighted by Gasteiger charge is 2.27. The largest absolute Gasteiger partial charge is 0.505 e. The number of non-ortho nitro benzene ring substituents is 1. The van der Waals surface area contributed by atoms with Gasteiger partial charge in [0.1, 0.15) is 11.3 Å². The van der Waals surface area contributed by atoms with E-state index in [1.54, 1.807) is 24.7 Å². The Morgan fingerprint density at radius 2 is 2.03 bits per heavy atom. The van der Waals surface area contributed by atoms with Crippen LogP contribution >= 0.6 is 0 Å². The van der Waals surface area contributed by atoms with Crippen LogP contribution in [0.2, 0.25) is 0 Å². The molecule has 4 rings (SSSR count). The monoisotopic (exact) mass is 445 g/mol. The number of phenolic OH excluding ortho intramolecular Hbond substituents is 1. The van der Waals surface area contributed by atoms with E-state index < -0.39 is 11.0 Å². The van der Waals surface area contributed by atoms with Crippen molar-refractivity contribution in [2.24, 2.45) is 0 Å². The zero-order valence-corrected chi connectivity index (χ0v) is 18.0. The number of pyridine rings is 1. The number of nitro groups is 1. The van der Waals surface area contributed by atoms with Crippen molar-refractivity contribution < 1.29 is 14.8 Å². The van der Waals surface area contributed by atoms with Gasteiger partial charge in [-0.25, -0.2) is 4.98 Å². The van der Waals surface area contributed by atoms with Gasteiger partial charge in [-0.2, -0.15) is 0 Å². The lowest BCUT2D eigenvalue weighted by molar-refractivity contribution is -0.383. The number of nitro benzene ring substituents is 1. The van der Waals surface area contributed by atoms with Gasteiger partial charge in [-0.05, 0) is 36.2 Å². The standard InChI is InChI=1S/C24H23N5O4/c1-2-3-6-21(30)27-22(16-7-9-17(10-8-16)28-13-12-25-15-28)19-14-20(29(32)33)18-5-4-11-26-23(18)24(19)31/h4-5,7-15,22,31H,2-3,6H2,1H3,(H,27,30). The second-order valence-corrected chi connectivity index (χ2v) is 7.66. The lowest BCUT2D eigenvalue weighted by Crippen LogP contribution is -2.29. The van der Waals surface area contributed by atoms with Gasteiger partial charge in [0, 0.05) is 42.3 Å². The number of carbonyl (C=O) groups is 1. The fourth-order valence-electron chi connectivity index (χ4n) is 3.76. The van der Waals surface area contributed by atoms with Crippen LogP contribution in [-0.2, 0) is 4.79 Å². The molecule has 0 spiro atoms. The van der Waals surface area contributed by atoms with Crippen LogP contribution in [0, 0.1) is 10.1 Å². The second kappa shape index (κ2) is 9.47. The van der Waals surface area contributed by atoms with Gasteiger partial charge in [-0.15, -0.1) is 0 Å². The first-order chi connectivity index (χ1) is 16.0. The number of hydrogen-bond donors (Lipinski definition) is 2. The van der Waals surface area contributed by atoms with E-state index in [9.17, 15) is 20.0 Å². The van der Waals surface area contributed by atoms with Gasteiger partial charge in [0.05, 0.1) is 22.7 Å². The molecule has 2 aromatic carbocycles. The summed E-state index contributed by atoms with van der Waals surface area (Å²) in [5.41, 5.74) is 1.68. The predicted octanol–water partition coefficient (Wildman–Crippen LogP) is 4.43. The number of benzene rings is 2. The predicted molar refractivity (Wildman–Crippen MR) is 123 cm³/mol. The first kappa shape index (κ1) is 21.9. The van der Waals surface area contributed by atoms with Crippen LogP contribution in [-0.4, -0.2) is 30.5 Å². The van der Waals surface area contributed by atoms with E-state index in [2.05, 4.69) is 15.3 Å². The van der Waals surface area contributed by atoms with Gasteiger partial charge in [0.25, 0.3) is 5.69 Å². The Morgan fingerprint density at radius 3 is 2.70 bits per heavy atom. The van der Waals surface area contributed by atoms with Crippen LogP contribution in [0.1, 0.15) is 43.4 Å². The molecule has 0 bridgehead atoms. The summed E-state index contributed by atoms with van der Waals surface area (Å²) in [5.74, 6) is -0.403. The summed E-state index contributed by atoms with van der Waals surface area (Å²) in [6.45, 7) is 1.99. The number of rotatable bonds is 8. The van der Waals surface area contributed by atoms with Crippen molar-refractivity contribution >= 4 is 22.5 Å². The number of unbranched alkanes of at least 4 members (excludes halogenated alkanes) is 1. The van der Waals surface area contributed by atoms with E-state index in [-0.39, 0.29) is 33.8 Å². The Balaban J connectivity index is 1.83. The number of carbonyl (C=O) groups excluding carboxylic acids is 1. The van der Waals surface area contributed by atoms with Gasteiger partial charge in [-0.3, -0.25) is 19.9 Å². The fraction of sp³-hybridized carbons (Fsp3) is 0.208. The molecule has 0 saturated carbocycles. The molecule has 9 nitrogen and oxygen atoms in total. The van der Waals surface area contributed by atoms with Crippen molar-refractivity contribution in [2.45, 2.75) is 32.2 Å². The van der Waals surface area contributed by atoms with Gasteiger partial charge in [-0.1, -0.05) is 25.5 Å². The van der Waals surface area contributed by atoms with Crippen LogP contribution in [0.15, 0.2) is 67.4 Å². The molecule has 1 amide bonds. The maximum Gasteiger partial charge on any atom is 0.279 e. The van der Waals surface area contributed by atoms with Gasteiger partial charge >= 0.3 is 0 Å². The Bertz CT molecular complexity index is 1290. The molecule has 2 heterocycles. The highest BCUT2D eigenvalue weighted by atomic mass is 16.6. The molecule has 33 heavy (non-hydrogen) atoms. The van der Waals surface area contributed by atoms with Crippen molar-refractivity contribution in [1.29, 1.82) is 0 Å². The number of aromatic hydroxyl groups is 1. The summed E-state index contributed by atoms with van der Waals surface area (Å²) in [6, 6.07) is 11.0. The lowest BCUT2D eigenvalue weighted by Gasteiger charge is -2.22. The van der Waals surface area contributed by atoms with E-state index in [1.165, 1.54) is 12.3 Å². The highest BCUT2D eigenvalue weighted by Crippen LogP contribution is 2.39. The topological polar surface area (TPSA) is 123 Å². The highest BCUT2D eigenvalue weighted by molar-refractivity contribution is 5.94. The number of phenols is 1. The number of fused-ring (bicyclic) bond motifs is 1. The summed E-state index contributed by atoms with van der Waals surface area (Å²) >= 11 is 0. The molecular weight excluding hydrogens is 422 g/mol. The van der Waals surface area contributed by atoms with Gasteiger partial charge in [0.2, 0.25) is 5.91 Å². The minimum Gasteiger partial charge on any atom is -0.505 e. The van der Waals surface area contributed by atoms with Crippen molar-refractivity contribution in [3.8, 4) is 11.4 Å². The summed E-state index contributed by atoms with van der Waals surface area (Å²) in [7, 11) is 0. The Morgan fingerprint density at radius 1 is 1.24 bits per heavy atom. The molecule has 9 heteroatoms. The summed E-state index contributed by atoms with van der Waals surface area (Å²) < 4.78 is 1.83. The maximum absolute atomic E-state index is 12.7. The molecule has 168 valence electrons. The SMILES string of the molecule is CCCCC(=O)NC(c1ccc(-n2ccnc2)cc1)c1cc([N+](=O)[O-])c2cccnc2c1O. The number of aromatic nitrogens is 3. The van der Waals surface area contributed by atoms with Gasteiger partial charge < -0.3 is 15.0 Å². The molecule has 0 saturated heterocycles. The summed E-state index contributed by atoms with van der Waals surface area (Å²) in [4.78, 5) is 32.1. The molecule has 0 fully saturated rings. The van der Waals surface area contributed by atoms with E-state index in [1.807, 2.05) is 42.0 Å². The zero-order chi connectivity index (χ0) is 23.4. The van der Waals surface area contributed by atoms with Gasteiger partial charge in [0.15, 0.2) is 0 Å². The molecule has 2 aromatic heterocycles. The quantitative estimate of drug-likeness (QED) is 0.305. The minimum atomic E-state index is -0.795. The summed E-state index contributed by atoms with van der Waals surface area (Å²) in [5, 5.41) is 26.0. The molecule has 4 aromatic rings. The normalized spacial score (nSPS) is 11.9. The van der Waals surface area contributed by atoms with E-state index in [0.29, 0.717) is 18.4 Å². The number of imidazole rings is 1. The van der Waals surface area contributed by atoms with Crippen LogP contribution in [0.5, 0.6) is 5.75 Å². The van der Waals surface area contributed by atoms with Crippen LogP contribution in [0.25, 0.3) is 16.6 Å². The zero-order valence-electron chi connectivity index (χ0n) is 18.0. The third-order valence-corrected chi connectivity index (χ3v) is 5.47. The molecular formula is C24H23N5O4. The second-order valence-electron chi connectivity index (χ2n) is 7.66. The first-order valence-corrected chi connectivity index (χ1v) is 10.6. The van der Waals surface area contributed by atoms with E-state index in [4.69, 9.17) is 0 Å². The molecule has 0 aliphatic carbocycles. The van der Waals surface area contributed by atoms with Crippen LogP contribution < -0.4 is 5.32 Å². The molecule has 0 radical (unpaired) electrons. The van der Waals surface area contributed by atoms with Crippen molar-refractivity contribution in [1.82, 2.24) is 19.9 Å². The maximum atomic E-state index is 12.7. The minimum absolute atomic E-state index is 0.115. The molecule has 2 N–H and O–H groups in total. The third-order valence-electron chi connectivity index (χ3n) is 5.47. The number of amides is 1. The smallest absolute Gasteiger partial charge is 0.279 e.